The van der Waals surface area contributed by atoms with Crippen molar-refractivity contribution in [3.05, 3.63) is 29.7 Å². The van der Waals surface area contributed by atoms with E-state index in [1.54, 1.807) is 25.6 Å². The number of aryl methyl sites for hydroxylation is 2. The summed E-state index contributed by atoms with van der Waals surface area (Å²) in [6.45, 7) is 3.52. The maximum absolute atomic E-state index is 12.3. The van der Waals surface area contributed by atoms with Crippen LogP contribution in [-0.4, -0.2) is 23.2 Å². The van der Waals surface area contributed by atoms with Crippen molar-refractivity contribution in [2.75, 3.05) is 10.5 Å². The van der Waals surface area contributed by atoms with Crippen LogP contribution in [0.5, 0.6) is 0 Å². The largest absolute Gasteiger partial charge is 0.383 e. The molecule has 0 saturated carbocycles. The Morgan fingerprint density at radius 2 is 2.05 bits per heavy atom. The number of nitrogen functional groups attached to an aromatic ring is 1. The molecular weight excluding hydrogens is 266 g/mol. The summed E-state index contributed by atoms with van der Waals surface area (Å²) in [5.41, 5.74) is 7.38. The van der Waals surface area contributed by atoms with E-state index in [1.165, 1.54) is 18.3 Å². The van der Waals surface area contributed by atoms with E-state index in [0.29, 0.717) is 11.4 Å². The van der Waals surface area contributed by atoms with Gasteiger partial charge in [-0.3, -0.25) is 9.40 Å². The molecule has 2 aromatic rings. The fraction of sp³-hybridized carbons (Fsp3) is 0.273. The minimum absolute atomic E-state index is 0.0332. The van der Waals surface area contributed by atoms with Gasteiger partial charge < -0.3 is 5.73 Å². The van der Waals surface area contributed by atoms with Gasteiger partial charge in [0.2, 0.25) is 0 Å². The summed E-state index contributed by atoms with van der Waals surface area (Å²) >= 11 is 0. The summed E-state index contributed by atoms with van der Waals surface area (Å²) < 4.78 is 28.6. The Hall–Kier alpha value is -2.09. The fourth-order valence-electron chi connectivity index (χ4n) is 1.74. The first-order valence-electron chi connectivity index (χ1n) is 5.56. The molecule has 0 amide bonds. The third kappa shape index (κ3) is 2.39. The molecule has 3 N–H and O–H groups in total. The van der Waals surface area contributed by atoms with Crippen molar-refractivity contribution in [2.45, 2.75) is 18.7 Å². The average molecular weight is 281 g/mol. The number of anilines is 2. The zero-order valence-corrected chi connectivity index (χ0v) is 11.7. The number of hydrogen-bond donors (Lipinski definition) is 2. The molecule has 2 heterocycles. The van der Waals surface area contributed by atoms with Gasteiger partial charge in [0.1, 0.15) is 10.7 Å². The first kappa shape index (κ1) is 13.3. The van der Waals surface area contributed by atoms with Gasteiger partial charge in [0.15, 0.2) is 0 Å². The first-order valence-corrected chi connectivity index (χ1v) is 7.04. The lowest BCUT2D eigenvalue weighted by Gasteiger charge is -2.09. The number of sulfonamides is 1. The van der Waals surface area contributed by atoms with Crippen LogP contribution in [0.25, 0.3) is 0 Å². The number of nitrogens with one attached hydrogen (secondary N) is 1. The van der Waals surface area contributed by atoms with Gasteiger partial charge in [0, 0.05) is 13.2 Å². The van der Waals surface area contributed by atoms with E-state index in [-0.39, 0.29) is 10.7 Å². The van der Waals surface area contributed by atoms with Crippen molar-refractivity contribution in [2.24, 2.45) is 7.05 Å². The van der Waals surface area contributed by atoms with Crippen molar-refractivity contribution >= 4 is 21.5 Å². The van der Waals surface area contributed by atoms with Crippen LogP contribution in [-0.2, 0) is 17.1 Å². The maximum atomic E-state index is 12.3. The fourth-order valence-corrected chi connectivity index (χ4v) is 3.00. The van der Waals surface area contributed by atoms with Crippen LogP contribution in [0, 0.1) is 13.8 Å². The van der Waals surface area contributed by atoms with Crippen LogP contribution >= 0.6 is 0 Å². The summed E-state index contributed by atoms with van der Waals surface area (Å²) in [6.07, 6.45) is 1.44. The predicted molar refractivity (Wildman–Crippen MR) is 72.1 cm³/mol. The van der Waals surface area contributed by atoms with Gasteiger partial charge in [-0.25, -0.2) is 13.4 Å². The second kappa shape index (κ2) is 4.54. The van der Waals surface area contributed by atoms with Crippen molar-refractivity contribution in [3.63, 3.8) is 0 Å². The number of hydrogen-bond acceptors (Lipinski definition) is 5. The normalized spacial score (nSPS) is 11.5. The van der Waals surface area contributed by atoms with E-state index >= 15 is 0 Å². The van der Waals surface area contributed by atoms with E-state index in [2.05, 4.69) is 14.8 Å². The van der Waals surface area contributed by atoms with E-state index in [1.807, 2.05) is 0 Å². The number of nitrogens with two attached hydrogens (primary N) is 1. The minimum atomic E-state index is -3.77. The Balaban J connectivity index is 2.46. The molecule has 2 aromatic heterocycles. The molecular formula is C11H15N5O2S. The molecule has 0 fully saturated rings. The quantitative estimate of drug-likeness (QED) is 0.866. The molecule has 0 spiro atoms. The van der Waals surface area contributed by atoms with Gasteiger partial charge in [0.05, 0.1) is 17.1 Å². The lowest BCUT2D eigenvalue weighted by molar-refractivity contribution is 0.601. The summed E-state index contributed by atoms with van der Waals surface area (Å²) in [7, 11) is -2.02. The second-order valence-corrected chi connectivity index (χ2v) is 5.81. The summed E-state index contributed by atoms with van der Waals surface area (Å²) in [5.74, 6) is -0.0332. The lowest BCUT2D eigenvalue weighted by Crippen LogP contribution is -2.16. The Labute approximate surface area is 111 Å². The summed E-state index contributed by atoms with van der Waals surface area (Å²) in [6, 6.07) is 2.93. The number of pyridine rings is 1. The monoisotopic (exact) mass is 281 g/mol. The van der Waals surface area contributed by atoms with Gasteiger partial charge in [-0.1, -0.05) is 0 Å². The Bertz CT molecular complexity index is 721. The Morgan fingerprint density at radius 3 is 2.58 bits per heavy atom. The van der Waals surface area contributed by atoms with E-state index in [0.717, 1.165) is 5.69 Å². The minimum Gasteiger partial charge on any atom is -0.383 e. The molecule has 19 heavy (non-hydrogen) atoms. The van der Waals surface area contributed by atoms with E-state index in [9.17, 15) is 8.42 Å². The summed E-state index contributed by atoms with van der Waals surface area (Å²) in [5, 5.41) is 4.15. The first-order chi connectivity index (χ1) is 8.83. The Kier molecular flexibility index (Phi) is 3.19. The van der Waals surface area contributed by atoms with Gasteiger partial charge in [-0.2, -0.15) is 5.10 Å². The highest BCUT2D eigenvalue weighted by Crippen LogP contribution is 2.24. The highest BCUT2D eigenvalue weighted by molar-refractivity contribution is 7.92. The third-order valence-electron chi connectivity index (χ3n) is 2.83. The van der Waals surface area contributed by atoms with Crippen LogP contribution in [0.1, 0.15) is 11.4 Å². The van der Waals surface area contributed by atoms with Crippen LogP contribution in [0.2, 0.25) is 0 Å². The second-order valence-electron chi connectivity index (χ2n) is 4.16. The SMILES string of the molecule is Cc1nn(C)c(C)c1NS(=O)(=O)c1cccnc1N. The number of rotatable bonds is 3. The standard InChI is InChI=1S/C11H15N5O2S/c1-7-10(8(2)16(3)14-7)15-19(17,18)9-5-4-6-13-11(9)12/h4-6,15H,1-3H3,(H2,12,13). The molecule has 7 nitrogen and oxygen atoms in total. The van der Waals surface area contributed by atoms with Crippen LogP contribution in [0.15, 0.2) is 23.2 Å². The van der Waals surface area contributed by atoms with Crippen molar-refractivity contribution in [1.82, 2.24) is 14.8 Å². The molecule has 0 aliphatic rings. The molecule has 0 aliphatic heterocycles. The van der Waals surface area contributed by atoms with Crippen LogP contribution in [0.4, 0.5) is 11.5 Å². The molecule has 8 heteroatoms. The average Bonchev–Trinajstić information content (AvgIpc) is 2.56. The smallest absolute Gasteiger partial charge is 0.265 e. The molecule has 0 aliphatic carbocycles. The van der Waals surface area contributed by atoms with Crippen molar-refractivity contribution in [1.29, 1.82) is 0 Å². The molecule has 102 valence electrons. The zero-order chi connectivity index (χ0) is 14.2. The van der Waals surface area contributed by atoms with Gasteiger partial charge in [-0.05, 0) is 26.0 Å². The molecule has 0 atom stereocenters. The molecule has 0 aromatic carbocycles. The highest BCUT2D eigenvalue weighted by Gasteiger charge is 2.21. The molecule has 0 radical (unpaired) electrons. The third-order valence-corrected chi connectivity index (χ3v) is 4.23. The maximum Gasteiger partial charge on any atom is 0.265 e. The van der Waals surface area contributed by atoms with Crippen molar-refractivity contribution in [3.8, 4) is 0 Å². The molecule has 2 rings (SSSR count). The number of aromatic nitrogens is 3. The zero-order valence-electron chi connectivity index (χ0n) is 10.9. The van der Waals surface area contributed by atoms with Gasteiger partial charge in [-0.15, -0.1) is 0 Å². The molecule has 0 unspecified atom stereocenters. The van der Waals surface area contributed by atoms with Gasteiger partial charge in [0.25, 0.3) is 10.0 Å². The van der Waals surface area contributed by atoms with E-state index < -0.39 is 10.0 Å². The summed E-state index contributed by atoms with van der Waals surface area (Å²) in [4.78, 5) is 3.73. The van der Waals surface area contributed by atoms with Crippen molar-refractivity contribution < 1.29 is 8.42 Å². The number of nitrogens with zero attached hydrogens (tertiary/aromatic N) is 3. The van der Waals surface area contributed by atoms with Crippen LogP contribution < -0.4 is 10.5 Å². The predicted octanol–water partition coefficient (Wildman–Crippen LogP) is 0.815. The highest BCUT2D eigenvalue weighted by atomic mass is 32.2. The molecule has 0 bridgehead atoms. The molecule has 0 saturated heterocycles. The Morgan fingerprint density at radius 1 is 1.37 bits per heavy atom. The van der Waals surface area contributed by atoms with Crippen LogP contribution in [0.3, 0.4) is 0 Å². The van der Waals surface area contributed by atoms with E-state index in [4.69, 9.17) is 5.73 Å². The topological polar surface area (TPSA) is 103 Å². The lowest BCUT2D eigenvalue weighted by atomic mass is 10.3. The van der Waals surface area contributed by atoms with Gasteiger partial charge >= 0.3 is 0 Å².